The fourth-order valence-corrected chi connectivity index (χ4v) is 9.85. The monoisotopic (exact) mass is 808 g/mol. The summed E-state index contributed by atoms with van der Waals surface area (Å²) in [6.07, 6.45) is 23.6. The van der Waals surface area contributed by atoms with Gasteiger partial charge in [-0.05, 0) is 91.2 Å². The van der Waals surface area contributed by atoms with E-state index in [0.717, 1.165) is 51.3 Å². The van der Waals surface area contributed by atoms with Crippen molar-refractivity contribution < 1.29 is 0 Å². The molecular weight excluding hydrogens is 761 g/mol. The molecule has 7 aromatic rings. The Bertz CT molecular complexity index is 3130. The number of rotatable bonds is 8. The average Bonchev–Trinajstić information content (AvgIpc) is 3.74. The van der Waals surface area contributed by atoms with Crippen LogP contribution in [-0.2, 0) is 0 Å². The molecule has 0 saturated carbocycles. The van der Waals surface area contributed by atoms with Gasteiger partial charge >= 0.3 is 0 Å². The van der Waals surface area contributed by atoms with Crippen LogP contribution in [0.15, 0.2) is 192 Å². The van der Waals surface area contributed by atoms with E-state index < -0.39 is 0 Å². The van der Waals surface area contributed by atoms with Gasteiger partial charge in [0.05, 0.1) is 11.2 Å². The van der Waals surface area contributed by atoms with Gasteiger partial charge in [-0.25, -0.2) is 4.99 Å². The zero-order valence-electron chi connectivity index (χ0n) is 35.1. The van der Waals surface area contributed by atoms with Crippen LogP contribution in [0.3, 0.4) is 0 Å². The van der Waals surface area contributed by atoms with E-state index in [1.165, 1.54) is 47.9 Å². The maximum atomic E-state index is 5.33. The van der Waals surface area contributed by atoms with Crippen LogP contribution in [0.1, 0.15) is 61.3 Å². The second kappa shape index (κ2) is 17.3. The van der Waals surface area contributed by atoms with Crippen LogP contribution >= 0.6 is 11.3 Å². The van der Waals surface area contributed by atoms with Gasteiger partial charge in [0, 0.05) is 53.5 Å². The van der Waals surface area contributed by atoms with Crippen LogP contribution in [0.4, 0.5) is 0 Å². The van der Waals surface area contributed by atoms with Crippen LogP contribution in [0.2, 0.25) is 0 Å². The molecule has 3 aliphatic rings. The highest BCUT2D eigenvalue weighted by Gasteiger charge is 2.32. The first-order chi connectivity index (χ1) is 30.1. The summed E-state index contributed by atoms with van der Waals surface area (Å²) in [6.45, 7) is 9.94. The van der Waals surface area contributed by atoms with Crippen LogP contribution in [0.5, 0.6) is 0 Å². The molecule has 298 valence electrons. The van der Waals surface area contributed by atoms with Gasteiger partial charge in [-0.15, -0.1) is 11.3 Å². The van der Waals surface area contributed by atoms with E-state index in [9.17, 15) is 0 Å². The summed E-state index contributed by atoms with van der Waals surface area (Å²) in [7, 11) is 2.12. The third kappa shape index (κ3) is 7.35. The van der Waals surface area contributed by atoms with Crippen molar-refractivity contribution >= 4 is 66.0 Å². The second-order valence-electron chi connectivity index (χ2n) is 15.0. The lowest BCUT2D eigenvalue weighted by molar-refractivity contribution is 0.175. The molecule has 5 aromatic carbocycles. The number of likely N-dealkylation sites (N-methyl/N-ethyl adjacent to an activating group) is 1. The van der Waals surface area contributed by atoms with Gasteiger partial charge in [0.1, 0.15) is 18.2 Å². The van der Waals surface area contributed by atoms with Crippen LogP contribution in [-0.4, -0.2) is 28.5 Å². The van der Waals surface area contributed by atoms with Gasteiger partial charge in [0.2, 0.25) is 0 Å². The molecule has 1 aliphatic heterocycles. The molecule has 0 saturated heterocycles. The largest absolute Gasteiger partial charge is 0.350 e. The fourth-order valence-electron chi connectivity index (χ4n) is 8.63. The van der Waals surface area contributed by atoms with Crippen molar-refractivity contribution in [3.05, 3.63) is 215 Å². The lowest BCUT2D eigenvalue weighted by Crippen LogP contribution is -2.49. The van der Waals surface area contributed by atoms with Gasteiger partial charge in [-0.1, -0.05) is 159 Å². The number of aromatic nitrogens is 1. The first kappa shape index (κ1) is 39.5. The van der Waals surface area contributed by atoms with Crippen molar-refractivity contribution in [2.24, 2.45) is 4.99 Å². The van der Waals surface area contributed by atoms with Crippen LogP contribution in [0, 0.1) is 0 Å². The van der Waals surface area contributed by atoms with Crippen molar-refractivity contribution in [3.8, 4) is 16.8 Å². The molecule has 0 amide bonds. The first-order valence-electron chi connectivity index (χ1n) is 21.1. The zero-order valence-corrected chi connectivity index (χ0v) is 35.9. The van der Waals surface area contributed by atoms with E-state index in [-0.39, 0.29) is 12.3 Å². The third-order valence-corrected chi connectivity index (χ3v) is 12.7. The number of hydrogen-bond acceptors (Lipinski definition) is 4. The van der Waals surface area contributed by atoms with Gasteiger partial charge in [-0.3, -0.25) is 4.90 Å². The standard InChI is InChI=1S/C54H42N4S.C2H6/c1-4-6-18-36(5-2)40-21-17-22-41(33-40)54-56-52(55-53(57(54)3)39-19-9-7-10-20-39)38-31-29-37(30-32-38)46-34-42(35-47-45-25-14-16-28-50(45)59-51(46)47)58-48-26-12-8-11-23-43(48)44-24-13-15-27-49(44)58;1-2/h4-7,9,11-19,21-35,53-54H,1,8H2,2-3H3,(H,55,56);1-2H3/b18-6-,36-5+;. The Hall–Kier alpha value is -6.97. The Kier molecular flexibility index (Phi) is 11.2. The predicted octanol–water partition coefficient (Wildman–Crippen LogP) is 14.4. The van der Waals surface area contributed by atoms with Crippen LogP contribution < -0.4 is 5.32 Å². The highest BCUT2D eigenvalue weighted by molar-refractivity contribution is 7.26. The Morgan fingerprint density at radius 3 is 2.44 bits per heavy atom. The second-order valence-corrected chi connectivity index (χ2v) is 16.1. The fraction of sp³-hybridized carbons (Fsp3) is 0.125. The van der Waals surface area contributed by atoms with Gasteiger partial charge in [0.25, 0.3) is 0 Å². The molecule has 0 bridgehead atoms. The summed E-state index contributed by atoms with van der Waals surface area (Å²) in [5.74, 6) is 0.840. The van der Waals surface area contributed by atoms with Crippen molar-refractivity contribution in [1.29, 1.82) is 0 Å². The lowest BCUT2D eigenvalue weighted by Gasteiger charge is -2.39. The van der Waals surface area contributed by atoms with Gasteiger partial charge in [-0.2, -0.15) is 0 Å². The van der Waals surface area contributed by atoms with E-state index in [4.69, 9.17) is 4.99 Å². The number of thiophene rings is 1. The molecule has 5 heteroatoms. The first-order valence-corrected chi connectivity index (χ1v) is 21.9. The molecule has 2 aromatic heterocycles. The summed E-state index contributed by atoms with van der Waals surface area (Å²) >= 11 is 1.87. The van der Waals surface area contributed by atoms with E-state index in [1.54, 1.807) is 0 Å². The number of allylic oxidation sites excluding steroid dienone is 9. The molecule has 4 nitrogen and oxygen atoms in total. The van der Waals surface area contributed by atoms with E-state index in [2.05, 4.69) is 199 Å². The molecule has 0 spiro atoms. The lowest BCUT2D eigenvalue weighted by atomic mass is 9.98. The minimum Gasteiger partial charge on any atom is -0.350 e. The summed E-state index contributed by atoms with van der Waals surface area (Å²) in [4.78, 5) is 7.60. The third-order valence-electron chi connectivity index (χ3n) is 11.5. The van der Waals surface area contributed by atoms with Crippen molar-refractivity contribution in [2.45, 2.75) is 39.5 Å². The number of nitrogens with zero attached hydrogens (tertiary/aromatic N) is 3. The molecule has 2 unspecified atom stereocenters. The Balaban J connectivity index is 0.00000235. The van der Waals surface area contributed by atoms with Crippen molar-refractivity contribution in [2.75, 3.05) is 7.05 Å². The number of nitrogens with one attached hydrogen (secondary N) is 1. The molecule has 10 rings (SSSR count). The Morgan fingerprint density at radius 1 is 0.852 bits per heavy atom. The van der Waals surface area contributed by atoms with E-state index in [0.29, 0.717) is 0 Å². The number of hydrogen-bond donors (Lipinski definition) is 1. The average molecular weight is 809 g/mol. The molecule has 1 N–H and O–H groups in total. The smallest absolute Gasteiger partial charge is 0.139 e. The maximum Gasteiger partial charge on any atom is 0.139 e. The number of para-hydroxylation sites is 1. The molecule has 3 heterocycles. The normalized spacial score (nSPS) is 17.3. The number of amidine groups is 1. The molecule has 2 aliphatic carbocycles. The Morgan fingerprint density at radius 2 is 1.64 bits per heavy atom. The SMILES string of the molecule is C=C/C=C\C(=C/C)c1cccc(C2NC(c3ccc(-c4cc(-n5c6c(c7ccccc75)C=CCC=C6)cc5c4sc4ccccc45)cc3)=NC(C3=C=C=CC=C3)N2C)c1.CC. The van der Waals surface area contributed by atoms with Crippen LogP contribution in [0.25, 0.3) is 65.6 Å². The zero-order chi connectivity index (χ0) is 41.9. The summed E-state index contributed by atoms with van der Waals surface area (Å²) in [6, 6.07) is 40.0. The molecule has 0 fully saturated rings. The van der Waals surface area contributed by atoms with Gasteiger partial charge in [0.15, 0.2) is 0 Å². The van der Waals surface area contributed by atoms with Crippen molar-refractivity contribution in [1.82, 2.24) is 14.8 Å². The van der Waals surface area contributed by atoms with Gasteiger partial charge < -0.3 is 9.88 Å². The maximum absolute atomic E-state index is 5.33. The molecule has 61 heavy (non-hydrogen) atoms. The molecular formula is C56H48N4S. The van der Waals surface area contributed by atoms with Crippen molar-refractivity contribution in [3.63, 3.8) is 0 Å². The summed E-state index contributed by atoms with van der Waals surface area (Å²) in [5, 5.41) is 7.65. The number of aliphatic imine (C=N–C) groups is 1. The number of benzene rings is 5. The quantitative estimate of drug-likeness (QED) is 0.123. The number of fused-ring (bicyclic) bond motifs is 6. The topological polar surface area (TPSA) is 32.6 Å². The highest BCUT2D eigenvalue weighted by atomic mass is 32.1. The molecule has 0 radical (unpaired) electrons. The summed E-state index contributed by atoms with van der Waals surface area (Å²) < 4.78 is 5.02. The molecule has 2 atom stereocenters. The minimum atomic E-state index is -0.260. The van der Waals surface area contributed by atoms with E-state index >= 15 is 0 Å². The van der Waals surface area contributed by atoms with E-state index in [1.807, 2.05) is 49.5 Å². The highest BCUT2D eigenvalue weighted by Crippen LogP contribution is 2.43. The Labute approximate surface area is 362 Å². The minimum absolute atomic E-state index is 0.146. The summed E-state index contributed by atoms with van der Waals surface area (Å²) in [5.41, 5.74) is 19.2. The predicted molar refractivity (Wildman–Crippen MR) is 263 cm³/mol.